The zero-order valence-corrected chi connectivity index (χ0v) is 21.6. The Kier molecular flexibility index (Phi) is 8.93. The molecule has 0 aliphatic carbocycles. The summed E-state index contributed by atoms with van der Waals surface area (Å²) < 4.78 is 0. The van der Waals surface area contributed by atoms with E-state index in [-0.39, 0.29) is 24.3 Å². The second-order valence-electron chi connectivity index (χ2n) is 9.77. The molecule has 0 unspecified atom stereocenters. The molecule has 0 saturated carbocycles. The van der Waals surface area contributed by atoms with Gasteiger partial charge in [0.15, 0.2) is 0 Å². The lowest BCUT2D eigenvalue weighted by atomic mass is 10.1. The smallest absolute Gasteiger partial charge is 0.247 e. The van der Waals surface area contributed by atoms with Crippen LogP contribution in [-0.4, -0.2) is 46.2 Å². The highest BCUT2D eigenvalue weighted by Gasteiger charge is 2.21. The molecule has 1 aromatic heterocycles. The van der Waals surface area contributed by atoms with Crippen LogP contribution >= 0.6 is 0 Å². The third kappa shape index (κ3) is 7.43. The number of hydrogen-bond donors (Lipinski definition) is 1. The molecule has 0 bridgehead atoms. The summed E-state index contributed by atoms with van der Waals surface area (Å²) in [6.45, 7) is 5.77. The number of nitrogens with one attached hydrogen (secondary N) is 1. The molecule has 1 heterocycles. The molecular formula is C32H35N3O2. The van der Waals surface area contributed by atoms with Crippen LogP contribution in [0.15, 0.2) is 97.2 Å². The molecule has 5 heteroatoms. The summed E-state index contributed by atoms with van der Waals surface area (Å²) in [5.74, 6) is 0.0451. The van der Waals surface area contributed by atoms with Gasteiger partial charge in [-0.25, -0.2) is 0 Å². The van der Waals surface area contributed by atoms with Gasteiger partial charge < -0.3 is 14.8 Å². The predicted molar refractivity (Wildman–Crippen MR) is 151 cm³/mol. The van der Waals surface area contributed by atoms with Crippen molar-refractivity contribution in [2.45, 2.75) is 26.8 Å². The minimum absolute atomic E-state index is 0.0502. The molecule has 5 nitrogen and oxygen atoms in total. The van der Waals surface area contributed by atoms with Crippen LogP contribution in [0.2, 0.25) is 0 Å². The van der Waals surface area contributed by atoms with Crippen LogP contribution in [0.1, 0.15) is 30.5 Å². The summed E-state index contributed by atoms with van der Waals surface area (Å²) >= 11 is 0. The Morgan fingerprint density at radius 3 is 2.27 bits per heavy atom. The first kappa shape index (κ1) is 26.0. The van der Waals surface area contributed by atoms with Crippen molar-refractivity contribution in [1.29, 1.82) is 0 Å². The standard InChI is InChI=1S/C32H35N3O2/c1-25(2)22-35(31(36)18-17-26-11-5-3-6-12-26)24-32(37)34(23-27-13-7-4-8-14-27)20-19-28-21-33-30-16-10-9-15-29(28)30/h3-18,21,25,33H,19-20,22-24H2,1-2H3. The quantitative estimate of drug-likeness (QED) is 0.263. The van der Waals surface area contributed by atoms with E-state index in [4.69, 9.17) is 0 Å². The molecule has 0 aliphatic rings. The molecule has 0 fully saturated rings. The molecule has 3 aromatic carbocycles. The van der Waals surface area contributed by atoms with E-state index in [9.17, 15) is 9.59 Å². The van der Waals surface area contributed by atoms with Gasteiger partial charge in [0.25, 0.3) is 0 Å². The zero-order chi connectivity index (χ0) is 26.0. The number of hydrogen-bond acceptors (Lipinski definition) is 2. The van der Waals surface area contributed by atoms with Crippen molar-refractivity contribution in [1.82, 2.24) is 14.8 Å². The predicted octanol–water partition coefficient (Wildman–Crippen LogP) is 5.94. The van der Waals surface area contributed by atoms with Gasteiger partial charge in [0.1, 0.15) is 6.54 Å². The number of aromatic amines is 1. The summed E-state index contributed by atoms with van der Waals surface area (Å²) in [7, 11) is 0. The fraction of sp³-hybridized carbons (Fsp3) is 0.250. The van der Waals surface area contributed by atoms with Crippen LogP contribution in [0.4, 0.5) is 0 Å². The molecule has 4 aromatic rings. The summed E-state index contributed by atoms with van der Waals surface area (Å²) in [6, 6.07) is 28.0. The Balaban J connectivity index is 1.50. The van der Waals surface area contributed by atoms with E-state index < -0.39 is 0 Å². The highest BCUT2D eigenvalue weighted by Crippen LogP contribution is 2.19. The number of H-pyrrole nitrogens is 1. The second kappa shape index (κ2) is 12.7. The van der Waals surface area contributed by atoms with E-state index in [1.165, 1.54) is 10.9 Å². The van der Waals surface area contributed by atoms with Gasteiger partial charge >= 0.3 is 0 Å². The Morgan fingerprint density at radius 2 is 1.54 bits per heavy atom. The molecule has 0 aliphatic heterocycles. The monoisotopic (exact) mass is 493 g/mol. The van der Waals surface area contributed by atoms with Crippen molar-refractivity contribution < 1.29 is 9.59 Å². The lowest BCUT2D eigenvalue weighted by Gasteiger charge is -2.28. The molecule has 0 radical (unpaired) electrons. The summed E-state index contributed by atoms with van der Waals surface area (Å²) in [6.07, 6.45) is 6.13. The Labute approximate surface area is 219 Å². The number of para-hydroxylation sites is 1. The lowest BCUT2D eigenvalue weighted by molar-refractivity contribution is -0.139. The molecule has 2 amide bonds. The maximum absolute atomic E-state index is 13.6. The second-order valence-corrected chi connectivity index (χ2v) is 9.77. The molecule has 37 heavy (non-hydrogen) atoms. The van der Waals surface area contributed by atoms with Crippen molar-refractivity contribution in [2.75, 3.05) is 19.6 Å². The van der Waals surface area contributed by atoms with Crippen molar-refractivity contribution in [3.8, 4) is 0 Å². The van der Waals surface area contributed by atoms with Gasteiger partial charge in [-0.05, 0) is 41.2 Å². The maximum Gasteiger partial charge on any atom is 0.247 e. The van der Waals surface area contributed by atoms with Gasteiger partial charge in [-0.3, -0.25) is 9.59 Å². The van der Waals surface area contributed by atoms with Crippen LogP contribution in [0, 0.1) is 5.92 Å². The molecule has 0 spiro atoms. The van der Waals surface area contributed by atoms with E-state index in [2.05, 4.69) is 31.0 Å². The summed E-state index contributed by atoms with van der Waals surface area (Å²) in [5, 5.41) is 1.18. The molecule has 190 valence electrons. The van der Waals surface area contributed by atoms with Crippen LogP contribution < -0.4 is 0 Å². The number of aromatic nitrogens is 1. The fourth-order valence-corrected chi connectivity index (χ4v) is 4.46. The van der Waals surface area contributed by atoms with Gasteiger partial charge in [0.2, 0.25) is 11.8 Å². The molecular weight excluding hydrogens is 458 g/mol. The zero-order valence-electron chi connectivity index (χ0n) is 21.6. The number of carbonyl (C=O) groups excluding carboxylic acids is 2. The first-order chi connectivity index (χ1) is 18.0. The largest absolute Gasteiger partial charge is 0.361 e. The third-order valence-corrected chi connectivity index (χ3v) is 6.34. The normalized spacial score (nSPS) is 11.3. The Bertz CT molecular complexity index is 1330. The van der Waals surface area contributed by atoms with Crippen LogP contribution in [0.25, 0.3) is 17.0 Å². The number of amides is 2. The van der Waals surface area contributed by atoms with Gasteiger partial charge in [0, 0.05) is 42.8 Å². The number of fused-ring (bicyclic) bond motifs is 1. The van der Waals surface area contributed by atoms with Gasteiger partial charge in [-0.1, -0.05) is 92.7 Å². The minimum Gasteiger partial charge on any atom is -0.361 e. The number of carbonyl (C=O) groups is 2. The average Bonchev–Trinajstić information content (AvgIpc) is 3.33. The summed E-state index contributed by atoms with van der Waals surface area (Å²) in [4.78, 5) is 33.6. The van der Waals surface area contributed by atoms with Crippen LogP contribution in [0.3, 0.4) is 0 Å². The molecule has 4 rings (SSSR count). The minimum atomic E-state index is -0.151. The van der Waals surface area contributed by atoms with Gasteiger partial charge in [-0.15, -0.1) is 0 Å². The fourth-order valence-electron chi connectivity index (χ4n) is 4.46. The van der Waals surface area contributed by atoms with Gasteiger partial charge in [-0.2, -0.15) is 0 Å². The van der Waals surface area contributed by atoms with Crippen LogP contribution in [-0.2, 0) is 22.6 Å². The highest BCUT2D eigenvalue weighted by molar-refractivity contribution is 5.94. The van der Waals surface area contributed by atoms with Crippen molar-refractivity contribution >= 4 is 28.8 Å². The van der Waals surface area contributed by atoms with E-state index in [1.54, 1.807) is 17.1 Å². The van der Waals surface area contributed by atoms with Crippen LogP contribution in [0.5, 0.6) is 0 Å². The first-order valence-corrected chi connectivity index (χ1v) is 12.9. The number of rotatable bonds is 11. The number of nitrogens with zero attached hydrogens (tertiary/aromatic N) is 2. The van der Waals surface area contributed by atoms with Crippen molar-refractivity contribution in [3.63, 3.8) is 0 Å². The lowest BCUT2D eigenvalue weighted by Crippen LogP contribution is -2.44. The Morgan fingerprint density at radius 1 is 0.865 bits per heavy atom. The highest BCUT2D eigenvalue weighted by atomic mass is 16.2. The maximum atomic E-state index is 13.6. The Hall–Kier alpha value is -4.12. The molecule has 0 atom stereocenters. The van der Waals surface area contributed by atoms with E-state index in [0.29, 0.717) is 19.6 Å². The van der Waals surface area contributed by atoms with E-state index in [0.717, 1.165) is 23.1 Å². The number of benzene rings is 3. The summed E-state index contributed by atoms with van der Waals surface area (Å²) in [5.41, 5.74) is 4.30. The van der Waals surface area contributed by atoms with Gasteiger partial charge in [0.05, 0.1) is 0 Å². The first-order valence-electron chi connectivity index (χ1n) is 12.9. The topological polar surface area (TPSA) is 56.4 Å². The average molecular weight is 494 g/mol. The van der Waals surface area contributed by atoms with E-state index in [1.807, 2.05) is 83.9 Å². The van der Waals surface area contributed by atoms with E-state index >= 15 is 0 Å². The van der Waals surface area contributed by atoms with Crippen molar-refractivity contribution in [3.05, 3.63) is 114 Å². The SMILES string of the molecule is CC(C)CN(CC(=O)N(CCc1c[nH]c2ccccc12)Cc1ccccc1)C(=O)C=Cc1ccccc1. The third-order valence-electron chi connectivity index (χ3n) is 6.34. The molecule has 0 saturated heterocycles. The van der Waals surface area contributed by atoms with Crippen molar-refractivity contribution in [2.24, 2.45) is 5.92 Å². The molecule has 1 N–H and O–H groups in total.